The predicted octanol–water partition coefficient (Wildman–Crippen LogP) is -2.68. The van der Waals surface area contributed by atoms with Crippen LogP contribution in [0.3, 0.4) is 0 Å². The van der Waals surface area contributed by atoms with Crippen LogP contribution in [-0.4, -0.2) is 54.4 Å². The molecule has 112 valence electrons. The zero-order valence-corrected chi connectivity index (χ0v) is 11.7. The molecule has 20 heavy (non-hydrogen) atoms. The minimum atomic E-state index is -0.784. The Morgan fingerprint density at radius 1 is 1.15 bits per heavy atom. The highest BCUT2D eigenvalue weighted by Gasteiger charge is 2.21. The number of rotatable bonds is 1. The normalized spacial score (nSPS) is 26.6. The molecule has 0 bridgehead atoms. The maximum atomic E-state index is 11.7. The van der Waals surface area contributed by atoms with Crippen molar-refractivity contribution in [2.24, 2.45) is 5.73 Å². The lowest BCUT2D eigenvalue weighted by Gasteiger charge is -2.16. The number of carbonyl (C=O) groups is 4. The molecule has 1 rings (SSSR count). The summed E-state index contributed by atoms with van der Waals surface area (Å²) < 4.78 is 0. The lowest BCUT2D eigenvalue weighted by Crippen LogP contribution is -2.49. The molecule has 2 unspecified atom stereocenters. The minimum Gasteiger partial charge on any atom is -0.353 e. The average molecular weight is 302 g/mol. The molecule has 1 saturated heterocycles. The topological polar surface area (TPSA) is 130 Å². The van der Waals surface area contributed by atoms with E-state index in [1.54, 1.807) is 0 Å². The number of hydrogen-bond acceptors (Lipinski definition) is 6. The number of thiol groups is 1. The molecule has 0 spiro atoms. The summed E-state index contributed by atoms with van der Waals surface area (Å²) in [4.78, 5) is 45.8. The molecule has 0 saturated carbocycles. The largest absolute Gasteiger partial charge is 0.353 e. The Morgan fingerprint density at radius 3 is 2.50 bits per heavy atom. The highest BCUT2D eigenvalue weighted by atomic mass is 32.1. The van der Waals surface area contributed by atoms with Crippen molar-refractivity contribution in [3.05, 3.63) is 0 Å². The quantitative estimate of drug-likeness (QED) is 0.336. The maximum Gasteiger partial charge on any atom is 0.239 e. The molecule has 1 aliphatic rings. The first kappa shape index (κ1) is 16.6. The van der Waals surface area contributed by atoms with Crippen molar-refractivity contribution in [2.45, 2.75) is 24.9 Å². The Balaban J connectivity index is 2.71. The summed E-state index contributed by atoms with van der Waals surface area (Å²) in [5.74, 6) is -1.07. The summed E-state index contributed by atoms with van der Waals surface area (Å²) in [6, 6.07) is -1.57. The van der Waals surface area contributed by atoms with Crippen LogP contribution in [0, 0.1) is 0 Å². The van der Waals surface area contributed by atoms with Gasteiger partial charge < -0.3 is 16.4 Å². The molecule has 1 fully saturated rings. The molecule has 9 heteroatoms. The molecule has 5 N–H and O–H groups in total. The van der Waals surface area contributed by atoms with E-state index >= 15 is 0 Å². The van der Waals surface area contributed by atoms with Crippen LogP contribution in [0.5, 0.6) is 0 Å². The van der Waals surface area contributed by atoms with Crippen molar-refractivity contribution in [3.63, 3.8) is 0 Å². The molecule has 0 radical (unpaired) electrons. The number of nitrogens with two attached hydrogens (primary N) is 1. The smallest absolute Gasteiger partial charge is 0.239 e. The van der Waals surface area contributed by atoms with Gasteiger partial charge in [-0.2, -0.15) is 0 Å². The Morgan fingerprint density at radius 2 is 1.85 bits per heavy atom. The van der Waals surface area contributed by atoms with Gasteiger partial charge in [0.15, 0.2) is 5.78 Å². The van der Waals surface area contributed by atoms with E-state index in [9.17, 15) is 19.2 Å². The molecule has 2 atom stereocenters. The van der Waals surface area contributed by atoms with Gasteiger partial charge in [0.2, 0.25) is 16.9 Å². The van der Waals surface area contributed by atoms with Crippen molar-refractivity contribution in [1.82, 2.24) is 16.0 Å². The summed E-state index contributed by atoms with van der Waals surface area (Å²) in [5, 5.41) is 7.08. The number of carbonyl (C=O) groups excluding carboxylic acids is 4. The first-order chi connectivity index (χ1) is 9.40. The molecule has 8 nitrogen and oxygen atoms in total. The van der Waals surface area contributed by atoms with E-state index in [4.69, 9.17) is 5.73 Å². The molecule has 2 amide bonds. The van der Waals surface area contributed by atoms with E-state index in [0.717, 1.165) is 0 Å². The van der Waals surface area contributed by atoms with Crippen LogP contribution in [0.4, 0.5) is 0 Å². The summed E-state index contributed by atoms with van der Waals surface area (Å²) in [5.41, 5.74) is 5.65. The molecule has 0 aromatic carbocycles. The SMILES string of the molecule is NC1CCC(=O)NCC(=O)NCC(C(=O)S)NCC1=O. The highest BCUT2D eigenvalue weighted by Crippen LogP contribution is 1.98. The van der Waals surface area contributed by atoms with Crippen molar-refractivity contribution in [2.75, 3.05) is 19.6 Å². The Labute approximate surface area is 121 Å². The van der Waals surface area contributed by atoms with E-state index in [2.05, 4.69) is 28.6 Å². The van der Waals surface area contributed by atoms with E-state index in [1.165, 1.54) is 0 Å². The zero-order valence-electron chi connectivity index (χ0n) is 10.8. The van der Waals surface area contributed by atoms with Crippen LogP contribution in [0.2, 0.25) is 0 Å². The van der Waals surface area contributed by atoms with Crippen molar-refractivity contribution < 1.29 is 19.2 Å². The second kappa shape index (κ2) is 7.98. The summed E-state index contributed by atoms with van der Waals surface area (Å²) in [6.07, 6.45) is 0.253. The number of amides is 2. The monoisotopic (exact) mass is 302 g/mol. The fraction of sp³-hybridized carbons (Fsp3) is 0.636. The Hall–Kier alpha value is -1.45. The van der Waals surface area contributed by atoms with Gasteiger partial charge in [-0.05, 0) is 6.42 Å². The molecule has 1 heterocycles. The Bertz CT molecular complexity index is 415. The van der Waals surface area contributed by atoms with Crippen molar-refractivity contribution in [3.8, 4) is 0 Å². The van der Waals surface area contributed by atoms with E-state index in [0.29, 0.717) is 0 Å². The lowest BCUT2D eigenvalue weighted by atomic mass is 10.1. The van der Waals surface area contributed by atoms with Crippen molar-refractivity contribution in [1.29, 1.82) is 0 Å². The fourth-order valence-corrected chi connectivity index (χ4v) is 1.78. The van der Waals surface area contributed by atoms with Gasteiger partial charge in [-0.15, -0.1) is 12.6 Å². The summed E-state index contributed by atoms with van der Waals surface area (Å²) in [6.45, 7) is -0.315. The van der Waals surface area contributed by atoms with Gasteiger partial charge in [0.25, 0.3) is 0 Å². The van der Waals surface area contributed by atoms with Gasteiger partial charge in [0, 0.05) is 13.0 Å². The number of ketones is 1. The Kier molecular flexibility index (Phi) is 6.62. The summed E-state index contributed by atoms with van der Waals surface area (Å²) in [7, 11) is 0. The van der Waals surface area contributed by atoms with Crippen LogP contribution in [0.25, 0.3) is 0 Å². The second-order valence-electron chi connectivity index (χ2n) is 4.46. The molecular formula is C11H18N4O4S. The van der Waals surface area contributed by atoms with Gasteiger partial charge in [0.1, 0.15) is 0 Å². The summed E-state index contributed by atoms with van der Waals surface area (Å²) >= 11 is 3.69. The van der Waals surface area contributed by atoms with Gasteiger partial charge in [-0.1, -0.05) is 0 Å². The number of nitrogens with one attached hydrogen (secondary N) is 3. The predicted molar refractivity (Wildman–Crippen MR) is 74.0 cm³/mol. The minimum absolute atomic E-state index is 0.0143. The zero-order chi connectivity index (χ0) is 15.1. The van der Waals surface area contributed by atoms with Crippen LogP contribution in [-0.2, 0) is 19.2 Å². The fourth-order valence-electron chi connectivity index (χ4n) is 1.59. The van der Waals surface area contributed by atoms with Gasteiger partial charge in [-0.25, -0.2) is 0 Å². The third-order valence-electron chi connectivity index (χ3n) is 2.87. The first-order valence-electron chi connectivity index (χ1n) is 6.18. The van der Waals surface area contributed by atoms with Gasteiger partial charge in [-0.3, -0.25) is 24.5 Å². The molecule has 0 aliphatic carbocycles. The molecule has 0 aromatic rings. The molecular weight excluding hydrogens is 284 g/mol. The second-order valence-corrected chi connectivity index (χ2v) is 4.90. The van der Waals surface area contributed by atoms with E-state index in [1.807, 2.05) is 0 Å². The van der Waals surface area contributed by atoms with Crippen LogP contribution >= 0.6 is 12.6 Å². The standard InChI is InChI=1S/C11H18N4O4S/c12-6-1-2-9(17)15-5-10(18)14-3-7(11(19)20)13-4-8(6)16/h6-7,13H,1-5,12H2,(H,14,18)(H,15,17)(H,19,20). The third kappa shape index (κ3) is 5.68. The van der Waals surface area contributed by atoms with Crippen LogP contribution in [0.15, 0.2) is 0 Å². The highest BCUT2D eigenvalue weighted by molar-refractivity contribution is 7.96. The molecule has 0 aromatic heterocycles. The lowest BCUT2D eigenvalue weighted by molar-refractivity contribution is -0.126. The maximum absolute atomic E-state index is 11.7. The van der Waals surface area contributed by atoms with Crippen LogP contribution < -0.4 is 21.7 Å². The molecule has 1 aliphatic heterocycles. The number of hydrogen-bond donors (Lipinski definition) is 5. The van der Waals surface area contributed by atoms with Gasteiger partial charge in [0.05, 0.1) is 25.2 Å². The van der Waals surface area contributed by atoms with Crippen molar-refractivity contribution >= 4 is 35.3 Å². The third-order valence-corrected chi connectivity index (χ3v) is 3.18. The van der Waals surface area contributed by atoms with E-state index < -0.39 is 23.1 Å². The van der Waals surface area contributed by atoms with Crippen LogP contribution in [0.1, 0.15) is 12.8 Å². The van der Waals surface area contributed by atoms with Gasteiger partial charge >= 0.3 is 0 Å². The first-order valence-corrected chi connectivity index (χ1v) is 6.62. The number of Topliss-reactive ketones (excluding diaryl/α,β-unsaturated/α-hetero) is 1. The van der Waals surface area contributed by atoms with E-state index in [-0.39, 0.29) is 44.2 Å². The average Bonchev–Trinajstić information content (AvgIpc) is 2.41.